The largest absolute Gasteiger partial charge is 0.378 e. The molecule has 0 aliphatic carbocycles. The number of hydrogen-bond donors (Lipinski definition) is 1. The molecule has 22 heavy (non-hydrogen) atoms. The van der Waals surface area contributed by atoms with E-state index in [1.807, 2.05) is 67.6 Å². The summed E-state index contributed by atoms with van der Waals surface area (Å²) >= 11 is 0. The van der Waals surface area contributed by atoms with Crippen LogP contribution in [0.2, 0.25) is 0 Å². The van der Waals surface area contributed by atoms with Crippen LogP contribution in [-0.2, 0) is 10.4 Å². The van der Waals surface area contributed by atoms with Crippen molar-refractivity contribution >= 4 is 11.6 Å². The molecule has 0 bridgehead atoms. The lowest BCUT2D eigenvalue weighted by atomic mass is 9.82. The molecule has 0 saturated carbocycles. The topological polar surface area (TPSA) is 40.5 Å². The zero-order valence-corrected chi connectivity index (χ0v) is 12.6. The minimum atomic E-state index is -1.36. The Labute approximate surface area is 130 Å². The van der Waals surface area contributed by atoms with Gasteiger partial charge in [-0.2, -0.15) is 0 Å². The Balaban J connectivity index is 2.14. The maximum atomic E-state index is 12.7. The second-order valence-electron chi connectivity index (χ2n) is 5.55. The van der Waals surface area contributed by atoms with Crippen LogP contribution >= 0.6 is 0 Å². The number of carbonyl (C=O) groups excluding carboxylic acids is 1. The molecule has 1 fully saturated rings. The Kier molecular flexibility index (Phi) is 3.59. The van der Waals surface area contributed by atoms with Gasteiger partial charge in [0.1, 0.15) is 5.60 Å². The lowest BCUT2D eigenvalue weighted by Crippen LogP contribution is -2.43. The average molecular weight is 293 g/mol. The molecule has 1 amide bonds. The summed E-state index contributed by atoms with van der Waals surface area (Å²) in [7, 11) is 0. The predicted octanol–water partition coefficient (Wildman–Crippen LogP) is 3.26. The van der Waals surface area contributed by atoms with E-state index in [4.69, 9.17) is 0 Å². The van der Waals surface area contributed by atoms with Crippen molar-refractivity contribution in [2.75, 3.05) is 4.90 Å². The van der Waals surface area contributed by atoms with Crippen molar-refractivity contribution in [1.29, 1.82) is 0 Å². The highest BCUT2D eigenvalue weighted by atomic mass is 16.3. The van der Waals surface area contributed by atoms with Crippen LogP contribution in [0.4, 0.5) is 5.69 Å². The van der Waals surface area contributed by atoms with Gasteiger partial charge in [0.15, 0.2) is 0 Å². The fourth-order valence-corrected chi connectivity index (χ4v) is 3.26. The molecule has 0 unspecified atom stereocenters. The molecule has 2 atom stereocenters. The predicted molar refractivity (Wildman–Crippen MR) is 87.5 cm³/mol. The number of anilines is 1. The third-order valence-electron chi connectivity index (χ3n) is 4.37. The number of rotatable bonds is 3. The van der Waals surface area contributed by atoms with E-state index in [0.29, 0.717) is 12.0 Å². The summed E-state index contributed by atoms with van der Waals surface area (Å²) in [4.78, 5) is 14.4. The fourth-order valence-electron chi connectivity index (χ4n) is 3.26. The monoisotopic (exact) mass is 293 g/mol. The first kappa shape index (κ1) is 14.5. The highest BCUT2D eigenvalue weighted by molar-refractivity contribution is 6.10. The van der Waals surface area contributed by atoms with Crippen LogP contribution in [0.5, 0.6) is 0 Å². The molecule has 2 aromatic rings. The van der Waals surface area contributed by atoms with E-state index < -0.39 is 5.60 Å². The van der Waals surface area contributed by atoms with E-state index in [1.54, 1.807) is 4.90 Å². The maximum absolute atomic E-state index is 12.7. The summed E-state index contributed by atoms with van der Waals surface area (Å²) in [6.07, 6.45) is 0.630. The second kappa shape index (κ2) is 5.43. The van der Waals surface area contributed by atoms with Crippen LogP contribution in [0.1, 0.15) is 18.9 Å². The normalized spacial score (nSPS) is 24.8. The summed E-state index contributed by atoms with van der Waals surface area (Å²) in [5.74, 6) is -0.218. The van der Waals surface area contributed by atoms with Gasteiger partial charge in [0.05, 0.1) is 6.04 Å². The Morgan fingerprint density at radius 1 is 1.09 bits per heavy atom. The number of nitrogens with zero attached hydrogens (tertiary/aromatic N) is 1. The van der Waals surface area contributed by atoms with Crippen molar-refractivity contribution < 1.29 is 9.90 Å². The Morgan fingerprint density at radius 3 is 2.18 bits per heavy atom. The Hall–Kier alpha value is -2.39. The van der Waals surface area contributed by atoms with Crippen LogP contribution in [0.25, 0.3) is 0 Å². The van der Waals surface area contributed by atoms with Crippen LogP contribution in [-0.4, -0.2) is 17.1 Å². The molecule has 112 valence electrons. The summed E-state index contributed by atoms with van der Waals surface area (Å²) in [6.45, 7) is 5.87. The number of para-hydroxylation sites is 1. The minimum Gasteiger partial charge on any atom is -0.378 e. The first-order valence-electron chi connectivity index (χ1n) is 7.46. The molecule has 3 nitrogen and oxygen atoms in total. The Morgan fingerprint density at radius 2 is 1.64 bits per heavy atom. The van der Waals surface area contributed by atoms with E-state index in [0.717, 1.165) is 5.69 Å². The number of benzene rings is 2. The second-order valence-corrected chi connectivity index (χ2v) is 5.55. The van der Waals surface area contributed by atoms with Gasteiger partial charge in [-0.05, 0) is 24.1 Å². The van der Waals surface area contributed by atoms with Gasteiger partial charge >= 0.3 is 0 Å². The Bertz CT molecular complexity index is 696. The lowest BCUT2D eigenvalue weighted by Gasteiger charge is -2.33. The highest BCUT2D eigenvalue weighted by Gasteiger charge is 2.54. The van der Waals surface area contributed by atoms with E-state index in [2.05, 4.69) is 6.58 Å². The molecule has 1 saturated heterocycles. The number of amides is 1. The van der Waals surface area contributed by atoms with Gasteiger partial charge in [-0.1, -0.05) is 62.0 Å². The van der Waals surface area contributed by atoms with Crippen LogP contribution in [0.15, 0.2) is 72.8 Å². The fraction of sp³-hybridized carbons (Fsp3) is 0.211. The van der Waals surface area contributed by atoms with Gasteiger partial charge in [0.2, 0.25) is 0 Å². The van der Waals surface area contributed by atoms with E-state index in [9.17, 15) is 9.90 Å². The molecule has 1 N–H and O–H groups in total. The molecular weight excluding hydrogens is 274 g/mol. The van der Waals surface area contributed by atoms with Gasteiger partial charge in [-0.3, -0.25) is 4.79 Å². The first-order valence-corrected chi connectivity index (χ1v) is 7.46. The number of carbonyl (C=O) groups is 1. The minimum absolute atomic E-state index is 0.218. The lowest BCUT2D eigenvalue weighted by molar-refractivity contribution is -0.114. The van der Waals surface area contributed by atoms with E-state index >= 15 is 0 Å². The molecule has 1 heterocycles. The molecule has 0 aromatic heterocycles. The van der Waals surface area contributed by atoms with Crippen molar-refractivity contribution in [3.63, 3.8) is 0 Å². The molecule has 2 aromatic carbocycles. The van der Waals surface area contributed by atoms with E-state index in [1.165, 1.54) is 0 Å². The van der Waals surface area contributed by atoms with Crippen molar-refractivity contribution in [3.05, 3.63) is 78.4 Å². The molecular formula is C19H19NO2. The quantitative estimate of drug-likeness (QED) is 0.882. The SMILES string of the molecule is C=C1C(=O)N(c2ccccc2)[C@H](CC)[C@@]1(O)c1ccccc1. The molecule has 0 spiro atoms. The third kappa shape index (κ3) is 1.97. The number of aliphatic hydroxyl groups is 1. The highest BCUT2D eigenvalue weighted by Crippen LogP contribution is 2.44. The zero-order valence-electron chi connectivity index (χ0n) is 12.6. The number of hydrogen-bond acceptors (Lipinski definition) is 2. The molecule has 0 radical (unpaired) electrons. The summed E-state index contributed by atoms with van der Waals surface area (Å²) in [5.41, 5.74) is 0.364. The van der Waals surface area contributed by atoms with Gasteiger partial charge in [0, 0.05) is 11.3 Å². The smallest absolute Gasteiger partial charge is 0.257 e. The molecule has 3 rings (SSSR count). The van der Waals surface area contributed by atoms with Crippen LogP contribution in [0, 0.1) is 0 Å². The van der Waals surface area contributed by atoms with Gasteiger partial charge in [-0.15, -0.1) is 0 Å². The van der Waals surface area contributed by atoms with Gasteiger partial charge in [-0.25, -0.2) is 0 Å². The van der Waals surface area contributed by atoms with E-state index in [-0.39, 0.29) is 17.5 Å². The summed E-state index contributed by atoms with van der Waals surface area (Å²) in [6, 6.07) is 18.4. The zero-order chi connectivity index (χ0) is 15.7. The van der Waals surface area contributed by atoms with Crippen molar-refractivity contribution in [2.24, 2.45) is 0 Å². The van der Waals surface area contributed by atoms with Crippen molar-refractivity contribution in [3.8, 4) is 0 Å². The van der Waals surface area contributed by atoms with Gasteiger partial charge in [0.25, 0.3) is 5.91 Å². The summed E-state index contributed by atoms with van der Waals surface area (Å²) in [5, 5.41) is 11.3. The molecule has 1 aliphatic heterocycles. The van der Waals surface area contributed by atoms with Crippen molar-refractivity contribution in [1.82, 2.24) is 0 Å². The third-order valence-corrected chi connectivity index (χ3v) is 4.37. The standard InChI is InChI=1S/C19H19NO2/c1-3-17-19(22,15-10-6-4-7-11-15)14(2)18(21)20(17)16-12-8-5-9-13-16/h4-13,17,22H,2-3H2,1H3/t17-,19+/m1/s1. The van der Waals surface area contributed by atoms with Crippen LogP contribution < -0.4 is 4.90 Å². The average Bonchev–Trinajstić information content (AvgIpc) is 2.78. The van der Waals surface area contributed by atoms with Crippen LogP contribution in [0.3, 0.4) is 0 Å². The molecule has 3 heteroatoms. The summed E-state index contributed by atoms with van der Waals surface area (Å²) < 4.78 is 0. The molecule has 1 aliphatic rings. The van der Waals surface area contributed by atoms with Crippen molar-refractivity contribution in [2.45, 2.75) is 25.0 Å². The first-order chi connectivity index (χ1) is 10.6. The van der Waals surface area contributed by atoms with Gasteiger partial charge < -0.3 is 10.0 Å². The maximum Gasteiger partial charge on any atom is 0.257 e.